The summed E-state index contributed by atoms with van der Waals surface area (Å²) < 4.78 is 4.59. The molecule has 0 aliphatic carbocycles. The van der Waals surface area contributed by atoms with Crippen LogP contribution in [0.3, 0.4) is 0 Å². The van der Waals surface area contributed by atoms with Crippen LogP contribution in [0.15, 0.2) is 11.6 Å². The second-order valence-corrected chi connectivity index (χ2v) is 4.61. The number of amides is 1. The van der Waals surface area contributed by atoms with Gasteiger partial charge in [-0.05, 0) is 12.3 Å². The molecule has 0 aliphatic heterocycles. The molecular weight excluding hydrogens is 212 g/mol. The molecule has 1 rings (SSSR count). The maximum atomic E-state index is 11.1. The maximum absolute atomic E-state index is 11.1. The van der Waals surface area contributed by atoms with Gasteiger partial charge < -0.3 is 10.1 Å². The van der Waals surface area contributed by atoms with Crippen molar-refractivity contribution in [2.45, 2.75) is 26.3 Å². The van der Waals surface area contributed by atoms with E-state index in [0.29, 0.717) is 5.92 Å². The van der Waals surface area contributed by atoms with Gasteiger partial charge in [0.15, 0.2) is 0 Å². The molecular formula is C10H16N2O2S. The molecule has 1 aromatic heterocycles. The molecule has 0 saturated carbocycles. The standard InChI is InChI=1S/C10H16N2O2S/c1-7(2)6-8(12-10(13)14-3)9-11-4-5-15-9/h4-5,7-8H,6H2,1-3H3,(H,12,13). The minimum atomic E-state index is -0.407. The molecule has 84 valence electrons. The van der Waals surface area contributed by atoms with Crippen molar-refractivity contribution < 1.29 is 9.53 Å². The van der Waals surface area contributed by atoms with E-state index in [0.717, 1.165) is 11.4 Å². The molecule has 1 unspecified atom stereocenters. The fraction of sp³-hybridized carbons (Fsp3) is 0.600. The Hall–Kier alpha value is -1.10. The molecule has 1 aromatic rings. The van der Waals surface area contributed by atoms with Gasteiger partial charge in [-0.15, -0.1) is 11.3 Å². The van der Waals surface area contributed by atoms with Gasteiger partial charge in [0.2, 0.25) is 0 Å². The number of hydrogen-bond donors (Lipinski definition) is 1. The van der Waals surface area contributed by atoms with Crippen LogP contribution < -0.4 is 5.32 Å². The van der Waals surface area contributed by atoms with E-state index < -0.39 is 6.09 Å². The Morgan fingerprint density at radius 3 is 2.87 bits per heavy atom. The minimum absolute atomic E-state index is 0.0440. The van der Waals surface area contributed by atoms with Crippen LogP contribution in [-0.4, -0.2) is 18.2 Å². The fourth-order valence-electron chi connectivity index (χ4n) is 1.30. The van der Waals surface area contributed by atoms with E-state index in [-0.39, 0.29) is 6.04 Å². The first-order valence-electron chi connectivity index (χ1n) is 4.87. The van der Waals surface area contributed by atoms with Crippen molar-refractivity contribution in [3.05, 3.63) is 16.6 Å². The second-order valence-electron chi connectivity index (χ2n) is 3.69. The van der Waals surface area contributed by atoms with Crippen molar-refractivity contribution in [2.75, 3.05) is 7.11 Å². The third kappa shape index (κ3) is 3.87. The third-order valence-corrected chi connectivity index (χ3v) is 2.82. The zero-order valence-corrected chi connectivity index (χ0v) is 10.0. The molecule has 1 amide bonds. The number of thiazole rings is 1. The Kier molecular flexibility index (Phi) is 4.55. The summed E-state index contributed by atoms with van der Waals surface area (Å²) in [6.45, 7) is 4.22. The first-order chi connectivity index (χ1) is 7.13. The molecule has 1 heterocycles. The molecule has 0 bridgehead atoms. The number of rotatable bonds is 4. The molecule has 1 atom stereocenters. The number of hydrogen-bond acceptors (Lipinski definition) is 4. The lowest BCUT2D eigenvalue weighted by Crippen LogP contribution is -2.29. The molecule has 1 N–H and O–H groups in total. The predicted molar refractivity (Wildman–Crippen MR) is 59.9 cm³/mol. The van der Waals surface area contributed by atoms with Crippen molar-refractivity contribution >= 4 is 17.4 Å². The fourth-order valence-corrected chi connectivity index (χ4v) is 2.00. The average molecular weight is 228 g/mol. The molecule has 15 heavy (non-hydrogen) atoms. The maximum Gasteiger partial charge on any atom is 0.407 e. The first-order valence-corrected chi connectivity index (χ1v) is 5.75. The summed E-state index contributed by atoms with van der Waals surface area (Å²) in [4.78, 5) is 15.3. The van der Waals surface area contributed by atoms with Crippen molar-refractivity contribution in [3.8, 4) is 0 Å². The highest BCUT2D eigenvalue weighted by molar-refractivity contribution is 7.09. The lowest BCUT2D eigenvalue weighted by Gasteiger charge is -2.17. The SMILES string of the molecule is COC(=O)NC(CC(C)C)c1nccs1. The molecule has 0 aromatic carbocycles. The molecule has 0 aliphatic rings. The van der Waals surface area contributed by atoms with Crippen LogP contribution in [0, 0.1) is 5.92 Å². The van der Waals surface area contributed by atoms with Gasteiger partial charge in [-0.25, -0.2) is 9.78 Å². The van der Waals surface area contributed by atoms with E-state index in [9.17, 15) is 4.79 Å². The van der Waals surface area contributed by atoms with E-state index >= 15 is 0 Å². The summed E-state index contributed by atoms with van der Waals surface area (Å²) in [5, 5.41) is 5.62. The van der Waals surface area contributed by atoms with E-state index in [1.165, 1.54) is 7.11 Å². The number of alkyl carbamates (subject to hydrolysis) is 1. The van der Waals surface area contributed by atoms with E-state index in [1.54, 1.807) is 17.5 Å². The number of aromatic nitrogens is 1. The van der Waals surface area contributed by atoms with Gasteiger partial charge in [-0.2, -0.15) is 0 Å². The van der Waals surface area contributed by atoms with Gasteiger partial charge >= 0.3 is 6.09 Å². The largest absolute Gasteiger partial charge is 0.453 e. The second kappa shape index (κ2) is 5.70. The number of nitrogens with one attached hydrogen (secondary N) is 1. The number of carbonyl (C=O) groups excluding carboxylic acids is 1. The van der Waals surface area contributed by atoms with Gasteiger partial charge in [0, 0.05) is 11.6 Å². The zero-order valence-electron chi connectivity index (χ0n) is 9.19. The Labute approximate surface area is 93.7 Å². The summed E-state index contributed by atoms with van der Waals surface area (Å²) in [6, 6.07) is -0.0440. The summed E-state index contributed by atoms with van der Waals surface area (Å²) in [5.74, 6) is 0.496. The summed E-state index contributed by atoms with van der Waals surface area (Å²) >= 11 is 1.54. The van der Waals surface area contributed by atoms with Crippen molar-refractivity contribution in [1.82, 2.24) is 10.3 Å². The molecule has 0 saturated heterocycles. The topological polar surface area (TPSA) is 51.2 Å². The molecule has 4 nitrogen and oxygen atoms in total. The van der Waals surface area contributed by atoms with Gasteiger partial charge in [0.05, 0.1) is 13.2 Å². The van der Waals surface area contributed by atoms with Gasteiger partial charge in [0.25, 0.3) is 0 Å². The number of carbonyl (C=O) groups is 1. The van der Waals surface area contributed by atoms with E-state index in [4.69, 9.17) is 0 Å². The van der Waals surface area contributed by atoms with Crippen LogP contribution in [0.25, 0.3) is 0 Å². The summed E-state index contributed by atoms with van der Waals surface area (Å²) in [5.41, 5.74) is 0. The Balaban J connectivity index is 2.65. The van der Waals surface area contributed by atoms with Gasteiger partial charge in [-0.3, -0.25) is 0 Å². The quantitative estimate of drug-likeness (QED) is 0.861. The van der Waals surface area contributed by atoms with Crippen LogP contribution in [0.1, 0.15) is 31.3 Å². The Morgan fingerprint density at radius 1 is 1.67 bits per heavy atom. The predicted octanol–water partition coefficient (Wildman–Crippen LogP) is 2.59. The van der Waals surface area contributed by atoms with Crippen molar-refractivity contribution in [1.29, 1.82) is 0 Å². The molecule has 0 fully saturated rings. The summed E-state index contributed by atoms with van der Waals surface area (Å²) in [6.07, 6.45) is 2.20. The zero-order chi connectivity index (χ0) is 11.3. The van der Waals surface area contributed by atoms with E-state index in [2.05, 4.69) is 28.9 Å². The van der Waals surface area contributed by atoms with Crippen LogP contribution in [-0.2, 0) is 4.74 Å². The molecule has 0 spiro atoms. The highest BCUT2D eigenvalue weighted by atomic mass is 32.1. The van der Waals surface area contributed by atoms with Gasteiger partial charge in [0.1, 0.15) is 5.01 Å². The number of nitrogens with zero attached hydrogens (tertiary/aromatic N) is 1. The smallest absolute Gasteiger partial charge is 0.407 e. The third-order valence-electron chi connectivity index (χ3n) is 1.93. The van der Waals surface area contributed by atoms with Crippen LogP contribution in [0.5, 0.6) is 0 Å². The van der Waals surface area contributed by atoms with Crippen molar-refractivity contribution in [3.63, 3.8) is 0 Å². The normalized spacial score (nSPS) is 12.5. The molecule has 0 radical (unpaired) electrons. The van der Waals surface area contributed by atoms with E-state index in [1.807, 2.05) is 5.38 Å². The Morgan fingerprint density at radius 2 is 2.40 bits per heavy atom. The van der Waals surface area contributed by atoms with Crippen molar-refractivity contribution in [2.24, 2.45) is 5.92 Å². The van der Waals surface area contributed by atoms with Gasteiger partial charge in [-0.1, -0.05) is 13.8 Å². The van der Waals surface area contributed by atoms with Crippen LogP contribution in [0.4, 0.5) is 4.79 Å². The Bertz CT molecular complexity index is 298. The lowest BCUT2D eigenvalue weighted by atomic mass is 10.0. The van der Waals surface area contributed by atoms with Crippen LogP contribution in [0.2, 0.25) is 0 Å². The lowest BCUT2D eigenvalue weighted by molar-refractivity contribution is 0.165. The highest BCUT2D eigenvalue weighted by Gasteiger charge is 2.18. The minimum Gasteiger partial charge on any atom is -0.453 e. The van der Waals surface area contributed by atoms with Crippen LogP contribution >= 0.6 is 11.3 Å². The monoisotopic (exact) mass is 228 g/mol. The average Bonchev–Trinajstić information content (AvgIpc) is 2.68. The number of methoxy groups -OCH3 is 1. The first kappa shape index (κ1) is 12.0. The highest BCUT2D eigenvalue weighted by Crippen LogP contribution is 2.22. The summed E-state index contributed by atoms with van der Waals surface area (Å²) in [7, 11) is 1.36. The molecule has 5 heteroatoms. The number of ether oxygens (including phenoxy) is 1.